The number of nitrogens with one attached hydrogen (secondary N) is 1. The van der Waals surface area contributed by atoms with Crippen LogP contribution >= 0.6 is 0 Å². The number of rotatable bonds is 4. The van der Waals surface area contributed by atoms with Crippen LogP contribution in [0.2, 0.25) is 0 Å². The van der Waals surface area contributed by atoms with Crippen molar-refractivity contribution in [2.24, 2.45) is 11.7 Å². The van der Waals surface area contributed by atoms with Crippen molar-refractivity contribution in [3.8, 4) is 11.3 Å². The third kappa shape index (κ3) is 3.93. The van der Waals surface area contributed by atoms with Crippen LogP contribution in [0.4, 0.5) is 5.69 Å². The van der Waals surface area contributed by atoms with Gasteiger partial charge in [0.25, 0.3) is 0 Å². The Labute approximate surface area is 136 Å². The maximum Gasteiger partial charge on any atom is 0.224 e. The van der Waals surface area contributed by atoms with Crippen LogP contribution in [0, 0.1) is 12.8 Å². The first-order valence-electron chi connectivity index (χ1n) is 8.07. The van der Waals surface area contributed by atoms with Crippen LogP contribution in [0.3, 0.4) is 0 Å². The average molecular weight is 310 g/mol. The summed E-state index contributed by atoms with van der Waals surface area (Å²) >= 11 is 0. The van der Waals surface area contributed by atoms with Crippen molar-refractivity contribution in [1.29, 1.82) is 0 Å². The molecule has 1 aliphatic rings. The highest BCUT2D eigenvalue weighted by atomic mass is 16.1. The first-order valence-corrected chi connectivity index (χ1v) is 8.07. The Bertz CT molecular complexity index is 701. The van der Waals surface area contributed by atoms with E-state index in [9.17, 15) is 4.79 Å². The quantitative estimate of drug-likeness (QED) is 0.910. The summed E-state index contributed by atoms with van der Waals surface area (Å²) in [5.74, 6) is 1.07. The monoisotopic (exact) mass is 310 g/mol. The Hall–Kier alpha value is -2.27. The summed E-state index contributed by atoms with van der Waals surface area (Å²) in [5.41, 5.74) is 8.65. The first kappa shape index (κ1) is 15.6. The number of aryl methyl sites for hydroxylation is 1. The number of carbonyl (C=O) groups is 1. The van der Waals surface area contributed by atoms with Crippen LogP contribution in [0.1, 0.15) is 31.5 Å². The predicted molar refractivity (Wildman–Crippen MR) is 90.8 cm³/mol. The molecule has 3 rings (SSSR count). The zero-order valence-electron chi connectivity index (χ0n) is 13.3. The van der Waals surface area contributed by atoms with Crippen LogP contribution in [0.5, 0.6) is 0 Å². The van der Waals surface area contributed by atoms with E-state index < -0.39 is 0 Å². The van der Waals surface area contributed by atoms with Crippen LogP contribution in [0.25, 0.3) is 11.3 Å². The van der Waals surface area contributed by atoms with Gasteiger partial charge in [-0.3, -0.25) is 4.79 Å². The SMILES string of the molecule is Cc1nccc(-c2cccc(NC(=O)C[C@@H]3CCC[C@H]3N)c2)n1. The van der Waals surface area contributed by atoms with Gasteiger partial charge < -0.3 is 11.1 Å². The van der Waals surface area contributed by atoms with Crippen LogP contribution in [-0.2, 0) is 4.79 Å². The van der Waals surface area contributed by atoms with Gasteiger partial charge in [-0.2, -0.15) is 0 Å². The van der Waals surface area contributed by atoms with E-state index in [-0.39, 0.29) is 11.9 Å². The predicted octanol–water partition coefficient (Wildman–Crippen LogP) is 2.91. The Balaban J connectivity index is 1.69. The molecule has 120 valence electrons. The number of amides is 1. The lowest BCUT2D eigenvalue weighted by molar-refractivity contribution is -0.117. The summed E-state index contributed by atoms with van der Waals surface area (Å²) < 4.78 is 0. The molecule has 23 heavy (non-hydrogen) atoms. The minimum Gasteiger partial charge on any atom is -0.327 e. The van der Waals surface area contributed by atoms with Crippen molar-refractivity contribution in [3.63, 3.8) is 0 Å². The average Bonchev–Trinajstić information content (AvgIpc) is 2.92. The second-order valence-electron chi connectivity index (χ2n) is 6.18. The van der Waals surface area contributed by atoms with Gasteiger partial charge in [-0.15, -0.1) is 0 Å². The molecule has 0 bridgehead atoms. The molecule has 5 heteroatoms. The fourth-order valence-electron chi connectivity index (χ4n) is 3.14. The number of aromatic nitrogens is 2. The molecule has 1 fully saturated rings. The van der Waals surface area contributed by atoms with Gasteiger partial charge in [-0.25, -0.2) is 9.97 Å². The van der Waals surface area contributed by atoms with Gasteiger partial charge in [0.15, 0.2) is 0 Å². The lowest BCUT2D eigenvalue weighted by Gasteiger charge is -2.15. The molecule has 2 aromatic rings. The Morgan fingerprint density at radius 3 is 2.96 bits per heavy atom. The number of benzene rings is 1. The van der Waals surface area contributed by atoms with Crippen LogP contribution in [-0.4, -0.2) is 21.9 Å². The third-order valence-corrected chi connectivity index (χ3v) is 4.38. The number of hydrogen-bond donors (Lipinski definition) is 2. The van der Waals surface area contributed by atoms with Gasteiger partial charge in [-0.05, 0) is 43.9 Å². The van der Waals surface area contributed by atoms with Crippen molar-refractivity contribution in [1.82, 2.24) is 9.97 Å². The number of nitrogens with two attached hydrogens (primary N) is 1. The van der Waals surface area contributed by atoms with Gasteiger partial charge in [0.2, 0.25) is 5.91 Å². The van der Waals surface area contributed by atoms with Gasteiger partial charge in [0, 0.05) is 29.9 Å². The summed E-state index contributed by atoms with van der Waals surface area (Å²) in [5, 5.41) is 2.98. The third-order valence-electron chi connectivity index (χ3n) is 4.38. The molecule has 1 aromatic carbocycles. The Kier molecular flexibility index (Phi) is 4.67. The number of anilines is 1. The maximum atomic E-state index is 12.2. The first-order chi connectivity index (χ1) is 11.1. The summed E-state index contributed by atoms with van der Waals surface area (Å²) in [6.07, 6.45) is 5.44. The van der Waals surface area contributed by atoms with Crippen molar-refractivity contribution in [3.05, 3.63) is 42.4 Å². The summed E-state index contributed by atoms with van der Waals surface area (Å²) in [6.45, 7) is 1.86. The molecule has 1 aliphatic carbocycles. The molecular formula is C18H22N4O. The number of carbonyl (C=O) groups excluding carboxylic acids is 1. The molecule has 0 aliphatic heterocycles. The molecule has 1 heterocycles. The lowest BCUT2D eigenvalue weighted by atomic mass is 10.00. The van der Waals surface area contributed by atoms with Crippen LogP contribution in [0.15, 0.2) is 36.5 Å². The van der Waals surface area contributed by atoms with E-state index in [4.69, 9.17) is 5.73 Å². The fraction of sp³-hybridized carbons (Fsp3) is 0.389. The summed E-state index contributed by atoms with van der Waals surface area (Å²) in [6, 6.07) is 9.76. The van der Waals surface area contributed by atoms with Crippen molar-refractivity contribution in [2.45, 2.75) is 38.6 Å². The minimum absolute atomic E-state index is 0.0309. The van der Waals surface area contributed by atoms with E-state index in [0.29, 0.717) is 12.3 Å². The highest BCUT2D eigenvalue weighted by Gasteiger charge is 2.26. The highest BCUT2D eigenvalue weighted by Crippen LogP contribution is 2.27. The molecule has 1 saturated carbocycles. The van der Waals surface area contributed by atoms with E-state index in [2.05, 4.69) is 15.3 Å². The zero-order chi connectivity index (χ0) is 16.2. The Morgan fingerprint density at radius 1 is 1.35 bits per heavy atom. The van der Waals surface area contributed by atoms with Crippen molar-refractivity contribution in [2.75, 3.05) is 5.32 Å². The van der Waals surface area contributed by atoms with E-state index in [0.717, 1.165) is 42.0 Å². The van der Waals surface area contributed by atoms with Gasteiger partial charge in [0.05, 0.1) is 5.69 Å². The second kappa shape index (κ2) is 6.87. The normalized spacial score (nSPS) is 20.4. The van der Waals surface area contributed by atoms with Crippen molar-refractivity contribution >= 4 is 11.6 Å². The molecule has 0 saturated heterocycles. The van der Waals surface area contributed by atoms with Crippen molar-refractivity contribution < 1.29 is 4.79 Å². The topological polar surface area (TPSA) is 80.9 Å². The van der Waals surface area contributed by atoms with Gasteiger partial charge in [-0.1, -0.05) is 18.6 Å². The smallest absolute Gasteiger partial charge is 0.224 e. The van der Waals surface area contributed by atoms with E-state index >= 15 is 0 Å². The molecule has 0 radical (unpaired) electrons. The second-order valence-corrected chi connectivity index (χ2v) is 6.18. The Morgan fingerprint density at radius 2 is 2.22 bits per heavy atom. The molecule has 2 atom stereocenters. The number of hydrogen-bond acceptors (Lipinski definition) is 4. The summed E-state index contributed by atoms with van der Waals surface area (Å²) in [4.78, 5) is 20.7. The minimum atomic E-state index is 0.0309. The fourth-order valence-corrected chi connectivity index (χ4v) is 3.14. The number of nitrogens with zero attached hydrogens (tertiary/aromatic N) is 2. The molecule has 5 nitrogen and oxygen atoms in total. The van der Waals surface area contributed by atoms with Gasteiger partial charge >= 0.3 is 0 Å². The van der Waals surface area contributed by atoms with E-state index in [1.165, 1.54) is 0 Å². The standard InChI is InChI=1S/C18H22N4O/c1-12-20-9-8-17(21-12)14-5-2-6-15(10-14)22-18(23)11-13-4-3-7-16(13)19/h2,5-6,8-10,13,16H,3-4,7,11,19H2,1H3,(H,22,23)/t13-,16+/m0/s1. The van der Waals surface area contributed by atoms with E-state index in [1.807, 2.05) is 37.3 Å². The highest BCUT2D eigenvalue weighted by molar-refractivity contribution is 5.91. The molecule has 0 unspecified atom stereocenters. The molecule has 0 spiro atoms. The van der Waals surface area contributed by atoms with E-state index in [1.54, 1.807) is 6.20 Å². The maximum absolute atomic E-state index is 12.2. The van der Waals surface area contributed by atoms with Gasteiger partial charge in [0.1, 0.15) is 5.82 Å². The molecule has 1 aromatic heterocycles. The summed E-state index contributed by atoms with van der Waals surface area (Å²) in [7, 11) is 0. The molecule has 1 amide bonds. The lowest BCUT2D eigenvalue weighted by Crippen LogP contribution is -2.28. The zero-order valence-corrected chi connectivity index (χ0v) is 13.3. The molecular weight excluding hydrogens is 288 g/mol. The largest absolute Gasteiger partial charge is 0.327 e. The van der Waals surface area contributed by atoms with Crippen LogP contribution < -0.4 is 11.1 Å². The molecule has 3 N–H and O–H groups in total.